The molecule has 1 aromatic carbocycles. The average Bonchev–Trinajstić information content (AvgIpc) is 2.40. The minimum absolute atomic E-state index is 0.0861. The van der Waals surface area contributed by atoms with Gasteiger partial charge in [0.2, 0.25) is 0 Å². The monoisotopic (exact) mass is 315 g/mol. The van der Waals surface area contributed by atoms with Crippen molar-refractivity contribution < 1.29 is 13.9 Å². The van der Waals surface area contributed by atoms with Gasteiger partial charge in [-0.15, -0.1) is 0 Å². The van der Waals surface area contributed by atoms with Gasteiger partial charge in [0.05, 0.1) is 10.6 Å². The van der Waals surface area contributed by atoms with Gasteiger partial charge in [-0.2, -0.15) is 0 Å². The van der Waals surface area contributed by atoms with Gasteiger partial charge >= 0.3 is 0 Å². The molecule has 1 atom stereocenters. The summed E-state index contributed by atoms with van der Waals surface area (Å²) in [6, 6.07) is 4.34. The van der Waals surface area contributed by atoms with Crippen molar-refractivity contribution >= 4 is 21.8 Å². The Morgan fingerprint density at radius 2 is 2.33 bits per heavy atom. The maximum atomic E-state index is 13.3. The first-order valence-electron chi connectivity index (χ1n) is 6.01. The Bertz CT molecular complexity index is 433. The second-order valence-corrected chi connectivity index (χ2v) is 5.18. The van der Waals surface area contributed by atoms with Crippen LogP contribution in [0.15, 0.2) is 22.7 Å². The third-order valence-corrected chi connectivity index (χ3v) is 3.59. The molecule has 1 N–H and O–H groups in total. The fourth-order valence-corrected chi connectivity index (χ4v) is 2.16. The zero-order valence-electron chi connectivity index (χ0n) is 9.92. The lowest BCUT2D eigenvalue weighted by Crippen LogP contribution is -2.35. The molecule has 18 heavy (non-hydrogen) atoms. The van der Waals surface area contributed by atoms with E-state index in [1.54, 1.807) is 6.07 Å². The van der Waals surface area contributed by atoms with Crippen LogP contribution in [0.3, 0.4) is 0 Å². The molecule has 0 aliphatic carbocycles. The van der Waals surface area contributed by atoms with Gasteiger partial charge < -0.3 is 10.1 Å². The Labute approximate surface area is 114 Å². The van der Waals surface area contributed by atoms with Crippen molar-refractivity contribution in [2.24, 2.45) is 0 Å². The van der Waals surface area contributed by atoms with Crippen LogP contribution in [0.5, 0.6) is 0 Å². The molecule has 5 heteroatoms. The van der Waals surface area contributed by atoms with Crippen LogP contribution >= 0.6 is 15.9 Å². The standard InChI is InChI=1S/C13H15BrFNO2/c14-11-5-4-9(7-12(11)15)13(17)16-8-10-3-1-2-6-18-10/h4-5,7,10H,1-3,6,8H2,(H,16,17). The van der Waals surface area contributed by atoms with Gasteiger partial charge in [0, 0.05) is 18.7 Å². The molecule has 1 unspecified atom stereocenters. The maximum absolute atomic E-state index is 13.3. The van der Waals surface area contributed by atoms with E-state index in [1.807, 2.05) is 0 Å². The predicted octanol–water partition coefficient (Wildman–Crippen LogP) is 2.89. The molecule has 1 amide bonds. The van der Waals surface area contributed by atoms with Crippen LogP contribution in [0.4, 0.5) is 4.39 Å². The van der Waals surface area contributed by atoms with Crippen molar-refractivity contribution in [1.82, 2.24) is 5.32 Å². The van der Waals surface area contributed by atoms with Gasteiger partial charge in [0.25, 0.3) is 5.91 Å². The van der Waals surface area contributed by atoms with E-state index in [4.69, 9.17) is 4.74 Å². The second-order valence-electron chi connectivity index (χ2n) is 4.33. The number of carbonyl (C=O) groups is 1. The van der Waals surface area contributed by atoms with Gasteiger partial charge in [-0.3, -0.25) is 4.79 Å². The summed E-state index contributed by atoms with van der Waals surface area (Å²) in [5, 5.41) is 2.77. The van der Waals surface area contributed by atoms with E-state index in [0.717, 1.165) is 25.9 Å². The van der Waals surface area contributed by atoms with E-state index in [0.29, 0.717) is 16.6 Å². The van der Waals surface area contributed by atoms with Gasteiger partial charge in [0.1, 0.15) is 5.82 Å². The van der Waals surface area contributed by atoms with Crippen LogP contribution in [-0.4, -0.2) is 25.2 Å². The quantitative estimate of drug-likeness (QED) is 0.931. The predicted molar refractivity (Wildman–Crippen MR) is 70.0 cm³/mol. The summed E-state index contributed by atoms with van der Waals surface area (Å²) in [4.78, 5) is 11.8. The molecule has 1 saturated heterocycles. The normalized spacial score (nSPS) is 19.6. The number of nitrogens with one attached hydrogen (secondary N) is 1. The average molecular weight is 316 g/mol. The summed E-state index contributed by atoms with van der Waals surface area (Å²) < 4.78 is 19.1. The zero-order chi connectivity index (χ0) is 13.0. The molecule has 0 radical (unpaired) electrons. The third-order valence-electron chi connectivity index (χ3n) is 2.95. The summed E-state index contributed by atoms with van der Waals surface area (Å²) >= 11 is 3.05. The van der Waals surface area contributed by atoms with Crippen molar-refractivity contribution in [3.05, 3.63) is 34.1 Å². The number of hydrogen-bond donors (Lipinski definition) is 1. The van der Waals surface area contributed by atoms with Gasteiger partial charge in [0.15, 0.2) is 0 Å². The maximum Gasteiger partial charge on any atom is 0.251 e. The number of hydrogen-bond acceptors (Lipinski definition) is 2. The fourth-order valence-electron chi connectivity index (χ4n) is 1.91. The first kappa shape index (κ1) is 13.5. The van der Waals surface area contributed by atoms with E-state index in [1.165, 1.54) is 12.1 Å². The summed E-state index contributed by atoms with van der Waals surface area (Å²) in [7, 11) is 0. The van der Waals surface area contributed by atoms with Crippen LogP contribution in [0.2, 0.25) is 0 Å². The van der Waals surface area contributed by atoms with Crippen molar-refractivity contribution in [1.29, 1.82) is 0 Å². The van der Waals surface area contributed by atoms with E-state index in [9.17, 15) is 9.18 Å². The van der Waals surface area contributed by atoms with Crippen molar-refractivity contribution in [3.63, 3.8) is 0 Å². The second kappa shape index (κ2) is 6.29. The van der Waals surface area contributed by atoms with Gasteiger partial charge in [-0.1, -0.05) is 0 Å². The van der Waals surface area contributed by atoms with Gasteiger partial charge in [-0.05, 0) is 53.4 Å². The number of amides is 1. The molecule has 1 heterocycles. The Hall–Kier alpha value is -0.940. The van der Waals surface area contributed by atoms with Crippen molar-refractivity contribution in [3.8, 4) is 0 Å². The highest BCUT2D eigenvalue weighted by Crippen LogP contribution is 2.16. The fraction of sp³-hybridized carbons (Fsp3) is 0.462. The van der Waals surface area contributed by atoms with Crippen LogP contribution in [-0.2, 0) is 4.74 Å². The van der Waals surface area contributed by atoms with E-state index < -0.39 is 5.82 Å². The minimum atomic E-state index is -0.434. The highest BCUT2D eigenvalue weighted by Gasteiger charge is 2.15. The smallest absolute Gasteiger partial charge is 0.251 e. The number of halogens is 2. The van der Waals surface area contributed by atoms with E-state index >= 15 is 0 Å². The summed E-state index contributed by atoms with van der Waals surface area (Å²) in [5.41, 5.74) is 0.325. The molecule has 0 bridgehead atoms. The molecule has 98 valence electrons. The van der Waals surface area contributed by atoms with Crippen LogP contribution in [0.1, 0.15) is 29.6 Å². The Kier molecular flexibility index (Phi) is 4.72. The molecular weight excluding hydrogens is 301 g/mol. The first-order chi connectivity index (χ1) is 8.66. The number of carbonyl (C=O) groups excluding carboxylic acids is 1. The molecule has 1 aromatic rings. The number of benzene rings is 1. The minimum Gasteiger partial charge on any atom is -0.376 e. The Balaban J connectivity index is 1.88. The Morgan fingerprint density at radius 3 is 3.00 bits per heavy atom. The molecule has 2 rings (SSSR count). The zero-order valence-corrected chi connectivity index (χ0v) is 11.5. The largest absolute Gasteiger partial charge is 0.376 e. The topological polar surface area (TPSA) is 38.3 Å². The van der Waals surface area contributed by atoms with Crippen LogP contribution in [0.25, 0.3) is 0 Å². The first-order valence-corrected chi connectivity index (χ1v) is 6.81. The van der Waals surface area contributed by atoms with Gasteiger partial charge in [-0.25, -0.2) is 4.39 Å². The number of rotatable bonds is 3. The van der Waals surface area contributed by atoms with Crippen LogP contribution < -0.4 is 5.32 Å². The Morgan fingerprint density at radius 1 is 1.50 bits per heavy atom. The molecule has 0 aromatic heterocycles. The van der Waals surface area contributed by atoms with Crippen molar-refractivity contribution in [2.75, 3.05) is 13.2 Å². The molecule has 1 fully saturated rings. The molecular formula is C13H15BrFNO2. The van der Waals surface area contributed by atoms with Crippen LogP contribution in [0, 0.1) is 5.82 Å². The highest BCUT2D eigenvalue weighted by molar-refractivity contribution is 9.10. The molecule has 0 spiro atoms. The number of ether oxygens (including phenoxy) is 1. The highest BCUT2D eigenvalue weighted by atomic mass is 79.9. The molecule has 1 aliphatic heterocycles. The summed E-state index contributed by atoms with van der Waals surface area (Å²) in [6.45, 7) is 1.24. The van der Waals surface area contributed by atoms with Crippen molar-refractivity contribution in [2.45, 2.75) is 25.4 Å². The summed E-state index contributed by atoms with van der Waals surface area (Å²) in [5.74, 6) is -0.702. The molecule has 1 aliphatic rings. The SMILES string of the molecule is O=C(NCC1CCCCO1)c1ccc(Br)c(F)c1. The lowest BCUT2D eigenvalue weighted by molar-refractivity contribution is 0.0169. The lowest BCUT2D eigenvalue weighted by Gasteiger charge is -2.22. The lowest BCUT2D eigenvalue weighted by atomic mass is 10.1. The summed E-state index contributed by atoms with van der Waals surface area (Å²) in [6.07, 6.45) is 3.27. The van der Waals surface area contributed by atoms with E-state index in [-0.39, 0.29) is 12.0 Å². The molecule has 3 nitrogen and oxygen atoms in total. The van der Waals surface area contributed by atoms with E-state index in [2.05, 4.69) is 21.2 Å². The third kappa shape index (κ3) is 3.53. The molecule has 0 saturated carbocycles.